The summed E-state index contributed by atoms with van der Waals surface area (Å²) in [6, 6.07) is 1.27. The van der Waals surface area contributed by atoms with Crippen molar-refractivity contribution in [3.63, 3.8) is 0 Å². The number of hydrogen-bond donors (Lipinski definition) is 1. The summed E-state index contributed by atoms with van der Waals surface area (Å²) in [6.45, 7) is 1.73. The number of benzene rings is 1. The summed E-state index contributed by atoms with van der Waals surface area (Å²) in [6.07, 6.45) is 2.14. The summed E-state index contributed by atoms with van der Waals surface area (Å²) in [7, 11) is 0. The lowest BCUT2D eigenvalue weighted by atomic mass is 9.99. The number of amides is 1. The van der Waals surface area contributed by atoms with Gasteiger partial charge in [0.05, 0.1) is 0 Å². The van der Waals surface area contributed by atoms with Crippen molar-refractivity contribution in [2.75, 3.05) is 0 Å². The zero-order valence-electron chi connectivity index (χ0n) is 8.31. The van der Waals surface area contributed by atoms with Gasteiger partial charge in [-0.1, -0.05) is 0 Å². The van der Waals surface area contributed by atoms with E-state index in [9.17, 15) is 9.18 Å². The van der Waals surface area contributed by atoms with E-state index < -0.39 is 5.91 Å². The van der Waals surface area contributed by atoms with E-state index in [4.69, 9.17) is 5.73 Å². The van der Waals surface area contributed by atoms with Crippen molar-refractivity contribution in [1.29, 1.82) is 0 Å². The van der Waals surface area contributed by atoms with Crippen LogP contribution in [0.3, 0.4) is 0 Å². The molecule has 0 radical (unpaired) electrons. The van der Waals surface area contributed by atoms with Gasteiger partial charge in [-0.25, -0.2) is 4.39 Å². The number of carbonyl (C=O) groups is 1. The number of rotatable bonds is 2. The second-order valence-corrected chi connectivity index (χ2v) is 4.98. The van der Waals surface area contributed by atoms with Crippen molar-refractivity contribution in [2.45, 2.75) is 25.7 Å². The molecule has 15 heavy (non-hydrogen) atoms. The third-order valence-electron chi connectivity index (χ3n) is 2.74. The highest BCUT2D eigenvalue weighted by molar-refractivity contribution is 14.1. The lowest BCUT2D eigenvalue weighted by Gasteiger charge is -2.11. The molecule has 80 valence electrons. The number of carbonyl (C=O) groups excluding carboxylic acids is 1. The van der Waals surface area contributed by atoms with Crippen molar-refractivity contribution in [1.82, 2.24) is 0 Å². The van der Waals surface area contributed by atoms with Crippen LogP contribution in [0.2, 0.25) is 0 Å². The summed E-state index contributed by atoms with van der Waals surface area (Å²) < 4.78 is 14.3. The van der Waals surface area contributed by atoms with Gasteiger partial charge in [0, 0.05) is 9.13 Å². The van der Waals surface area contributed by atoms with Crippen LogP contribution in [-0.4, -0.2) is 5.91 Å². The Morgan fingerprint density at radius 3 is 2.67 bits per heavy atom. The molecule has 2 rings (SSSR count). The molecule has 1 saturated carbocycles. The minimum Gasteiger partial charge on any atom is -0.366 e. The van der Waals surface area contributed by atoms with Gasteiger partial charge in [0.15, 0.2) is 0 Å². The van der Waals surface area contributed by atoms with Gasteiger partial charge in [-0.05, 0) is 65.5 Å². The first kappa shape index (κ1) is 10.9. The van der Waals surface area contributed by atoms with Crippen LogP contribution in [0.15, 0.2) is 6.07 Å². The largest absolute Gasteiger partial charge is 0.366 e. The molecule has 0 saturated heterocycles. The fraction of sp³-hybridized carbons (Fsp3) is 0.364. The summed E-state index contributed by atoms with van der Waals surface area (Å²) in [5.74, 6) is -0.481. The van der Waals surface area contributed by atoms with E-state index in [1.807, 2.05) is 0 Å². The first-order valence-corrected chi connectivity index (χ1v) is 5.88. The topological polar surface area (TPSA) is 43.1 Å². The maximum Gasteiger partial charge on any atom is 0.249 e. The van der Waals surface area contributed by atoms with Crippen LogP contribution in [0, 0.1) is 16.3 Å². The Labute approximate surface area is 101 Å². The molecule has 1 aliphatic rings. The van der Waals surface area contributed by atoms with Crippen molar-refractivity contribution in [3.8, 4) is 0 Å². The van der Waals surface area contributed by atoms with E-state index in [0.29, 0.717) is 17.0 Å². The van der Waals surface area contributed by atoms with Gasteiger partial charge >= 0.3 is 0 Å². The molecular formula is C11H11FINO. The van der Waals surface area contributed by atoms with E-state index in [1.165, 1.54) is 6.07 Å². The van der Waals surface area contributed by atoms with Gasteiger partial charge in [0.1, 0.15) is 5.82 Å². The maximum atomic E-state index is 13.5. The number of halogens is 2. The Balaban J connectivity index is 2.67. The molecule has 1 amide bonds. The Morgan fingerprint density at radius 1 is 1.60 bits per heavy atom. The molecule has 0 unspecified atom stereocenters. The molecule has 0 aromatic heterocycles. The van der Waals surface area contributed by atoms with Crippen LogP contribution in [0.5, 0.6) is 0 Å². The SMILES string of the molecule is Cc1c(F)cc(C(N)=O)c(C2CC2)c1I. The Bertz CT molecular complexity index is 441. The lowest BCUT2D eigenvalue weighted by molar-refractivity contribution is 0.0999. The van der Waals surface area contributed by atoms with Crippen molar-refractivity contribution < 1.29 is 9.18 Å². The average Bonchev–Trinajstić information content (AvgIpc) is 2.97. The zero-order valence-corrected chi connectivity index (χ0v) is 10.5. The molecule has 0 aliphatic heterocycles. The van der Waals surface area contributed by atoms with Crippen LogP contribution in [0.1, 0.15) is 40.2 Å². The van der Waals surface area contributed by atoms with E-state index in [2.05, 4.69) is 22.6 Å². The number of primary amides is 1. The first-order chi connectivity index (χ1) is 7.02. The standard InChI is InChI=1S/C11H11FINO/c1-5-8(12)4-7(11(14)15)9(10(5)13)6-2-3-6/h4,6H,2-3H2,1H3,(H2,14,15). The van der Waals surface area contributed by atoms with E-state index >= 15 is 0 Å². The van der Waals surface area contributed by atoms with E-state index in [0.717, 1.165) is 22.0 Å². The Morgan fingerprint density at radius 2 is 2.20 bits per heavy atom. The van der Waals surface area contributed by atoms with Crippen molar-refractivity contribution in [2.24, 2.45) is 5.73 Å². The molecule has 1 aliphatic carbocycles. The third kappa shape index (κ3) is 1.87. The zero-order chi connectivity index (χ0) is 11.2. The summed E-state index contributed by atoms with van der Waals surface area (Å²) >= 11 is 2.10. The van der Waals surface area contributed by atoms with Crippen molar-refractivity contribution in [3.05, 3.63) is 32.1 Å². The normalized spacial score (nSPS) is 15.4. The molecule has 2 N–H and O–H groups in total. The molecule has 0 spiro atoms. The number of nitrogens with two attached hydrogens (primary N) is 1. The predicted molar refractivity (Wildman–Crippen MR) is 64.3 cm³/mol. The Kier molecular flexibility index (Phi) is 2.70. The highest BCUT2D eigenvalue weighted by Gasteiger charge is 2.31. The van der Waals surface area contributed by atoms with Crippen LogP contribution in [0.4, 0.5) is 4.39 Å². The minimum atomic E-state index is -0.534. The molecule has 2 nitrogen and oxygen atoms in total. The molecular weight excluding hydrogens is 308 g/mol. The van der Waals surface area contributed by atoms with Gasteiger partial charge < -0.3 is 5.73 Å². The number of hydrogen-bond acceptors (Lipinski definition) is 1. The van der Waals surface area contributed by atoms with E-state index in [-0.39, 0.29) is 5.82 Å². The second kappa shape index (κ2) is 3.73. The van der Waals surface area contributed by atoms with Crippen LogP contribution in [-0.2, 0) is 0 Å². The molecule has 0 bridgehead atoms. The average molecular weight is 319 g/mol. The fourth-order valence-electron chi connectivity index (χ4n) is 1.71. The van der Waals surface area contributed by atoms with Gasteiger partial charge in [0.25, 0.3) is 0 Å². The molecule has 0 heterocycles. The van der Waals surface area contributed by atoms with E-state index in [1.54, 1.807) is 6.92 Å². The third-order valence-corrected chi connectivity index (χ3v) is 4.13. The maximum absolute atomic E-state index is 13.5. The predicted octanol–water partition coefficient (Wildman–Crippen LogP) is 2.72. The van der Waals surface area contributed by atoms with Crippen LogP contribution >= 0.6 is 22.6 Å². The lowest BCUT2D eigenvalue weighted by Crippen LogP contribution is -2.15. The molecule has 4 heteroatoms. The van der Waals surface area contributed by atoms with Crippen molar-refractivity contribution >= 4 is 28.5 Å². The summed E-state index contributed by atoms with van der Waals surface area (Å²) in [5, 5.41) is 0. The highest BCUT2D eigenvalue weighted by Crippen LogP contribution is 2.44. The smallest absolute Gasteiger partial charge is 0.249 e. The second-order valence-electron chi connectivity index (χ2n) is 3.90. The fourth-order valence-corrected chi connectivity index (χ4v) is 2.70. The summed E-state index contributed by atoms with van der Waals surface area (Å²) in [5.41, 5.74) is 7.17. The molecule has 0 atom stereocenters. The molecule has 1 fully saturated rings. The quantitative estimate of drug-likeness (QED) is 0.837. The van der Waals surface area contributed by atoms with Gasteiger partial charge in [0.2, 0.25) is 5.91 Å². The van der Waals surface area contributed by atoms with Crippen LogP contribution in [0.25, 0.3) is 0 Å². The minimum absolute atomic E-state index is 0.349. The highest BCUT2D eigenvalue weighted by atomic mass is 127. The first-order valence-electron chi connectivity index (χ1n) is 4.80. The van der Waals surface area contributed by atoms with Gasteiger partial charge in [-0.15, -0.1) is 0 Å². The molecule has 1 aromatic rings. The van der Waals surface area contributed by atoms with Crippen LogP contribution < -0.4 is 5.73 Å². The van der Waals surface area contributed by atoms with Gasteiger partial charge in [-0.2, -0.15) is 0 Å². The Hall–Kier alpha value is -0.650. The molecule has 1 aromatic carbocycles. The monoisotopic (exact) mass is 319 g/mol. The van der Waals surface area contributed by atoms with Gasteiger partial charge in [-0.3, -0.25) is 4.79 Å². The summed E-state index contributed by atoms with van der Waals surface area (Å²) in [4.78, 5) is 11.2.